The summed E-state index contributed by atoms with van der Waals surface area (Å²) in [5, 5.41) is 24.1. The van der Waals surface area contributed by atoms with Crippen molar-refractivity contribution in [2.75, 3.05) is 73.0 Å². The van der Waals surface area contributed by atoms with Crippen molar-refractivity contribution in [3.8, 4) is 33.9 Å². The van der Waals surface area contributed by atoms with E-state index in [1.54, 1.807) is 49.9 Å². The van der Waals surface area contributed by atoms with E-state index in [0.29, 0.717) is 118 Å². The molecule has 0 unspecified atom stereocenters. The summed E-state index contributed by atoms with van der Waals surface area (Å²) in [6.07, 6.45) is 11.5. The van der Waals surface area contributed by atoms with E-state index < -0.39 is 42.0 Å². The van der Waals surface area contributed by atoms with Crippen LogP contribution in [0.25, 0.3) is 55.7 Å². The Bertz CT molecular complexity index is 3930. The Morgan fingerprint density at radius 2 is 1.02 bits per heavy atom. The molecule has 2 aliphatic heterocycles. The van der Waals surface area contributed by atoms with E-state index in [4.69, 9.17) is 19.5 Å². The fourth-order valence-electron chi connectivity index (χ4n) is 9.26. The molecule has 8 aromatic heterocycles. The Morgan fingerprint density at radius 1 is 0.537 bits per heavy atom. The maximum Gasteiger partial charge on any atom is 0.490 e. The van der Waals surface area contributed by atoms with Crippen molar-refractivity contribution in [3.63, 3.8) is 0 Å². The van der Waals surface area contributed by atoms with Crippen molar-refractivity contribution in [1.29, 1.82) is 0 Å². The van der Waals surface area contributed by atoms with E-state index in [9.17, 15) is 17.6 Å². The van der Waals surface area contributed by atoms with Crippen LogP contribution in [0.1, 0.15) is 11.1 Å². The van der Waals surface area contributed by atoms with Gasteiger partial charge in [-0.25, -0.2) is 46.3 Å². The monoisotopic (exact) mass is 1180 g/mol. The van der Waals surface area contributed by atoms with Crippen LogP contribution in [0.4, 0.5) is 60.7 Å². The van der Waals surface area contributed by atoms with E-state index in [0.717, 1.165) is 49.5 Å². The minimum Gasteiger partial charge on any atom is -0.423 e. The Hall–Kier alpha value is -8.68. The third kappa shape index (κ3) is 12.9. The van der Waals surface area contributed by atoms with Crippen LogP contribution < -0.4 is 25.9 Å². The third-order valence-electron chi connectivity index (χ3n) is 13.3. The first-order valence-corrected chi connectivity index (χ1v) is 26.3. The van der Waals surface area contributed by atoms with Crippen molar-refractivity contribution >= 4 is 84.7 Å². The van der Waals surface area contributed by atoms with Gasteiger partial charge in [0.05, 0.1) is 111 Å². The van der Waals surface area contributed by atoms with E-state index >= 15 is 8.78 Å². The lowest BCUT2D eigenvalue weighted by Crippen LogP contribution is -2.36. The number of hydrogen-bond acceptors (Lipinski definition) is 16. The van der Waals surface area contributed by atoms with Crippen LogP contribution in [0.5, 0.6) is 0 Å². The zero-order chi connectivity index (χ0) is 57.4. The number of fused-ring (bicyclic) bond motifs is 2. The predicted molar refractivity (Wildman–Crippen MR) is 305 cm³/mol. The van der Waals surface area contributed by atoms with Crippen LogP contribution >= 0.6 is 15.9 Å². The molecule has 2 aromatic carbocycles. The second-order valence-corrected chi connectivity index (χ2v) is 19.5. The van der Waals surface area contributed by atoms with Crippen molar-refractivity contribution < 1.29 is 45.9 Å². The summed E-state index contributed by atoms with van der Waals surface area (Å²) in [6.45, 7) is 8.85. The zero-order valence-electron chi connectivity index (χ0n) is 43.8. The number of hydrogen-bond donors (Lipinski definition) is 4. The fourth-order valence-corrected chi connectivity index (χ4v) is 9.57. The lowest BCUT2D eigenvalue weighted by Gasteiger charge is -2.28. The molecular formula is C58H48BBrF6N12O4. The standard InChI is InChI=1S/C29H23F3N6O.C24H20BrF2N5O.C5H5BFNO2/c1-17-28(23-4-2-3-5-34-23)37-25-12-19(30)11-22(32)27(25)29(17)36-24-13-26(38-6-8-39-9-7-38)35-16-21(24)18-10-20(31)15-33-14-18;1-14-23(18-4-2-3-5-28-18)31-20-11-15(26)10-17(27)22(20)24(14)30-19-12-21(29-13-16(19)25)32-6-8-33-9-7-32;7-5-1-4(6(9)10)2-8-3-5/h2-5,10-16H,6-9H2,1H3,(H,35,36,37);2-5,10-13H,6-9H2,1H3,(H,29,30,31);1-3,9-10H. The molecule has 2 saturated heterocycles. The number of nitrogens with one attached hydrogen (secondary N) is 2. The molecule has 24 heteroatoms. The van der Waals surface area contributed by atoms with Gasteiger partial charge in [0.15, 0.2) is 0 Å². The van der Waals surface area contributed by atoms with Crippen molar-refractivity contribution in [2.45, 2.75) is 13.8 Å². The van der Waals surface area contributed by atoms with Crippen LogP contribution in [-0.2, 0) is 9.47 Å². The average Bonchev–Trinajstić information content (AvgIpc) is 3.68. The number of ether oxygens (including phenoxy) is 2. The zero-order valence-corrected chi connectivity index (χ0v) is 45.4. The second-order valence-electron chi connectivity index (χ2n) is 18.7. The minimum absolute atomic E-state index is 0.0556. The number of rotatable bonds is 10. The summed E-state index contributed by atoms with van der Waals surface area (Å²) in [5.41, 5.74) is 7.11. The molecule has 0 spiro atoms. The molecule has 0 saturated carbocycles. The molecule has 4 N–H and O–H groups in total. The maximum atomic E-state index is 15.3. The van der Waals surface area contributed by atoms with E-state index in [1.807, 2.05) is 37.3 Å². The van der Waals surface area contributed by atoms with Crippen molar-refractivity contribution in [2.24, 2.45) is 0 Å². The number of nitrogens with zero attached hydrogens (tertiary/aromatic N) is 10. The second kappa shape index (κ2) is 25.4. The summed E-state index contributed by atoms with van der Waals surface area (Å²) >= 11 is 3.54. The lowest BCUT2D eigenvalue weighted by molar-refractivity contribution is 0.122. The lowest BCUT2D eigenvalue weighted by atomic mass is 9.82. The van der Waals surface area contributed by atoms with Crippen LogP contribution in [0, 0.1) is 48.8 Å². The van der Waals surface area contributed by atoms with Gasteiger partial charge in [0.25, 0.3) is 0 Å². The topological polar surface area (TPSA) is 193 Å². The normalized spacial score (nSPS) is 13.3. The van der Waals surface area contributed by atoms with Gasteiger partial charge in [0, 0.05) is 127 Å². The number of anilines is 6. The molecule has 0 aliphatic carbocycles. The first-order valence-electron chi connectivity index (χ1n) is 25.5. The highest BCUT2D eigenvalue weighted by atomic mass is 79.9. The molecule has 16 nitrogen and oxygen atoms in total. The molecule has 10 aromatic rings. The van der Waals surface area contributed by atoms with E-state index in [-0.39, 0.29) is 27.3 Å². The molecule has 12 rings (SSSR count). The van der Waals surface area contributed by atoms with Crippen LogP contribution in [0.15, 0.2) is 139 Å². The summed E-state index contributed by atoms with van der Waals surface area (Å²) in [7, 11) is -1.65. The van der Waals surface area contributed by atoms with E-state index in [2.05, 4.69) is 76.2 Å². The number of morpholine rings is 2. The Morgan fingerprint density at radius 3 is 1.50 bits per heavy atom. The smallest absolute Gasteiger partial charge is 0.423 e. The largest absolute Gasteiger partial charge is 0.490 e. The maximum absolute atomic E-state index is 15.3. The molecule has 0 atom stereocenters. The summed E-state index contributed by atoms with van der Waals surface area (Å²) in [6, 6.07) is 21.1. The molecule has 2 aliphatic rings. The van der Waals surface area contributed by atoms with Crippen LogP contribution in [0.3, 0.4) is 0 Å². The van der Waals surface area contributed by atoms with Gasteiger partial charge in [-0.1, -0.05) is 12.1 Å². The highest BCUT2D eigenvalue weighted by Crippen LogP contribution is 2.41. The van der Waals surface area contributed by atoms with Gasteiger partial charge < -0.3 is 40.0 Å². The van der Waals surface area contributed by atoms with Gasteiger partial charge in [0.1, 0.15) is 46.5 Å². The summed E-state index contributed by atoms with van der Waals surface area (Å²) in [4.78, 5) is 38.7. The number of benzene rings is 2. The number of aromatic nitrogens is 8. The van der Waals surface area contributed by atoms with Crippen LogP contribution in [-0.4, -0.2) is 110 Å². The third-order valence-corrected chi connectivity index (χ3v) is 13.9. The highest BCUT2D eigenvalue weighted by molar-refractivity contribution is 9.10. The number of pyridine rings is 8. The molecule has 416 valence electrons. The van der Waals surface area contributed by atoms with E-state index in [1.165, 1.54) is 30.6 Å². The van der Waals surface area contributed by atoms with Gasteiger partial charge in [-0.05, 0) is 66.2 Å². The van der Waals surface area contributed by atoms with Gasteiger partial charge in [0.2, 0.25) is 0 Å². The highest BCUT2D eigenvalue weighted by Gasteiger charge is 2.24. The predicted octanol–water partition coefficient (Wildman–Crippen LogP) is 10.6. The summed E-state index contributed by atoms with van der Waals surface area (Å²) in [5.74, 6) is -2.47. The first-order chi connectivity index (χ1) is 39.7. The molecule has 0 radical (unpaired) electrons. The summed E-state index contributed by atoms with van der Waals surface area (Å²) < 4.78 is 96.7. The van der Waals surface area contributed by atoms with Gasteiger partial charge in [-0.2, -0.15) is 0 Å². The fraction of sp³-hybridized carbons (Fsp3) is 0.172. The Kier molecular flexibility index (Phi) is 17.5. The first kappa shape index (κ1) is 56.6. The average molecular weight is 1180 g/mol. The molecule has 0 bridgehead atoms. The van der Waals surface area contributed by atoms with Crippen molar-refractivity contribution in [1.82, 2.24) is 39.9 Å². The van der Waals surface area contributed by atoms with Crippen LogP contribution in [0.2, 0.25) is 0 Å². The quantitative estimate of drug-likeness (QED) is 0.0746. The molecule has 10 heterocycles. The Balaban J connectivity index is 0.000000159. The number of halogens is 7. The minimum atomic E-state index is -1.65. The Labute approximate surface area is 474 Å². The molecular weight excluding hydrogens is 1130 g/mol. The molecule has 0 amide bonds. The molecule has 2 fully saturated rings. The van der Waals surface area contributed by atoms with Gasteiger partial charge >= 0.3 is 7.12 Å². The van der Waals surface area contributed by atoms with Crippen molar-refractivity contribution in [3.05, 3.63) is 185 Å². The van der Waals surface area contributed by atoms with Gasteiger partial charge in [-0.15, -0.1) is 0 Å². The van der Waals surface area contributed by atoms with Gasteiger partial charge in [-0.3, -0.25) is 19.9 Å². The SMILES string of the molecule is Cc1c(-c2ccccn2)nc2cc(F)cc(F)c2c1Nc1cc(N2CCOCC2)ncc1-c1cncc(F)c1.Cc1c(-c2ccccn2)nc2cc(F)cc(F)c2c1Nc1cc(N2CCOCC2)ncc1Br.OB(O)c1cncc(F)c1. The molecule has 82 heavy (non-hydrogen) atoms.